The number of benzene rings is 2. The summed E-state index contributed by atoms with van der Waals surface area (Å²) >= 11 is 11.9. The molecule has 0 saturated heterocycles. The second-order valence-electron chi connectivity index (χ2n) is 3.85. The Kier molecular flexibility index (Phi) is 4.95. The molecule has 1 radical (unpaired) electrons. The van der Waals surface area contributed by atoms with Gasteiger partial charge < -0.3 is 9.31 Å². The standard InChI is InChI=1S/C14H6BCl2N2O2/c16-11-3-1-9(7-18)5-13(11)20-15-21-14-6-10(8-19)2-4-12(14)17/h1-6H. The number of rotatable bonds is 4. The predicted molar refractivity (Wildman–Crippen MR) is 79.3 cm³/mol. The van der Waals surface area contributed by atoms with Crippen LogP contribution in [0.15, 0.2) is 36.4 Å². The van der Waals surface area contributed by atoms with E-state index < -0.39 is 0 Å². The molecule has 0 bridgehead atoms. The van der Waals surface area contributed by atoms with Crippen LogP contribution in [0.25, 0.3) is 0 Å². The van der Waals surface area contributed by atoms with E-state index in [9.17, 15) is 0 Å². The molecular weight excluding hydrogens is 310 g/mol. The van der Waals surface area contributed by atoms with E-state index in [0.717, 1.165) is 7.69 Å². The molecule has 0 aromatic heterocycles. The number of hydrogen-bond donors (Lipinski definition) is 0. The Labute approximate surface area is 132 Å². The first-order chi connectivity index (χ1) is 10.1. The van der Waals surface area contributed by atoms with Crippen LogP contribution < -0.4 is 9.31 Å². The summed E-state index contributed by atoms with van der Waals surface area (Å²) in [6, 6.07) is 13.2. The first-order valence-electron chi connectivity index (χ1n) is 5.68. The van der Waals surface area contributed by atoms with Crippen molar-refractivity contribution in [2.75, 3.05) is 0 Å². The van der Waals surface area contributed by atoms with Gasteiger partial charge in [-0.2, -0.15) is 10.5 Å². The molecule has 0 fully saturated rings. The molecule has 0 saturated carbocycles. The molecule has 4 nitrogen and oxygen atoms in total. The Balaban J connectivity index is 2.05. The van der Waals surface area contributed by atoms with Gasteiger partial charge in [0, 0.05) is 0 Å². The third-order valence-corrected chi connectivity index (χ3v) is 3.10. The molecule has 0 spiro atoms. The summed E-state index contributed by atoms with van der Waals surface area (Å²) in [6.45, 7) is 0. The van der Waals surface area contributed by atoms with Crippen LogP contribution in [0.3, 0.4) is 0 Å². The molecule has 0 unspecified atom stereocenters. The minimum atomic E-state index is 0.281. The molecule has 0 atom stereocenters. The van der Waals surface area contributed by atoms with E-state index in [0.29, 0.717) is 21.2 Å². The van der Waals surface area contributed by atoms with E-state index in [1.165, 1.54) is 12.1 Å². The van der Waals surface area contributed by atoms with Crippen LogP contribution >= 0.6 is 23.2 Å². The Morgan fingerprint density at radius 3 is 1.62 bits per heavy atom. The van der Waals surface area contributed by atoms with Crippen LogP contribution in [0.1, 0.15) is 11.1 Å². The molecule has 2 aromatic carbocycles. The van der Waals surface area contributed by atoms with Crippen molar-refractivity contribution in [2.45, 2.75) is 0 Å². The fourth-order valence-electron chi connectivity index (χ4n) is 1.45. The summed E-state index contributed by atoms with van der Waals surface area (Å²) in [5, 5.41) is 18.3. The Morgan fingerprint density at radius 2 is 1.24 bits per heavy atom. The number of nitriles is 2. The maximum absolute atomic E-state index is 8.81. The van der Waals surface area contributed by atoms with Crippen molar-refractivity contribution >= 4 is 30.9 Å². The van der Waals surface area contributed by atoms with Gasteiger partial charge >= 0.3 is 7.69 Å². The van der Waals surface area contributed by atoms with Gasteiger partial charge in [0.1, 0.15) is 11.5 Å². The average Bonchev–Trinajstić information content (AvgIpc) is 2.51. The van der Waals surface area contributed by atoms with Gasteiger partial charge in [0.2, 0.25) is 0 Å². The maximum atomic E-state index is 8.81. The Morgan fingerprint density at radius 1 is 0.810 bits per heavy atom. The topological polar surface area (TPSA) is 66.0 Å². The zero-order chi connectivity index (χ0) is 15.2. The third-order valence-electron chi connectivity index (χ3n) is 2.47. The quantitative estimate of drug-likeness (QED) is 0.806. The summed E-state index contributed by atoms with van der Waals surface area (Å²) in [6.07, 6.45) is 0. The molecule has 21 heavy (non-hydrogen) atoms. The zero-order valence-electron chi connectivity index (χ0n) is 10.5. The van der Waals surface area contributed by atoms with E-state index in [-0.39, 0.29) is 11.5 Å². The first-order valence-corrected chi connectivity index (χ1v) is 6.44. The van der Waals surface area contributed by atoms with Crippen molar-refractivity contribution in [3.63, 3.8) is 0 Å². The van der Waals surface area contributed by atoms with Gasteiger partial charge in [-0.1, -0.05) is 23.2 Å². The van der Waals surface area contributed by atoms with Gasteiger partial charge in [-0.15, -0.1) is 0 Å². The maximum Gasteiger partial charge on any atom is 0.658 e. The molecule has 2 aromatic rings. The van der Waals surface area contributed by atoms with Gasteiger partial charge in [0.25, 0.3) is 0 Å². The fourth-order valence-corrected chi connectivity index (χ4v) is 1.78. The van der Waals surface area contributed by atoms with Crippen molar-refractivity contribution < 1.29 is 9.31 Å². The van der Waals surface area contributed by atoms with Crippen LogP contribution in [0, 0.1) is 22.7 Å². The van der Waals surface area contributed by atoms with Gasteiger partial charge in [0.05, 0.1) is 33.3 Å². The van der Waals surface area contributed by atoms with E-state index in [4.69, 9.17) is 43.0 Å². The molecule has 0 heterocycles. The smallest absolute Gasteiger partial charge is 0.525 e. The second kappa shape index (κ2) is 6.90. The first kappa shape index (κ1) is 15.1. The van der Waals surface area contributed by atoms with Gasteiger partial charge in [0.15, 0.2) is 0 Å². The van der Waals surface area contributed by atoms with Crippen LogP contribution in [-0.2, 0) is 0 Å². The summed E-state index contributed by atoms with van der Waals surface area (Å²) in [5.41, 5.74) is 0.819. The summed E-state index contributed by atoms with van der Waals surface area (Å²) in [7, 11) is 1.03. The van der Waals surface area contributed by atoms with Gasteiger partial charge in [-0.3, -0.25) is 0 Å². The zero-order valence-corrected chi connectivity index (χ0v) is 12.0. The molecule has 2 rings (SSSR count). The molecule has 0 amide bonds. The minimum absolute atomic E-state index is 0.281. The Bertz CT molecular complexity index is 690. The van der Waals surface area contributed by atoms with Gasteiger partial charge in [-0.05, 0) is 36.4 Å². The van der Waals surface area contributed by atoms with E-state index >= 15 is 0 Å². The lowest BCUT2D eigenvalue weighted by Gasteiger charge is -2.09. The SMILES string of the molecule is N#Cc1ccc(Cl)c(O[B]Oc2cc(C#N)ccc2Cl)c1. The fraction of sp³-hybridized carbons (Fsp3) is 0. The highest BCUT2D eigenvalue weighted by Crippen LogP contribution is 2.27. The highest BCUT2D eigenvalue weighted by atomic mass is 35.5. The van der Waals surface area contributed by atoms with Crippen LogP contribution in [-0.4, -0.2) is 7.69 Å². The van der Waals surface area contributed by atoms with Gasteiger partial charge in [-0.25, -0.2) is 0 Å². The normalized spacial score (nSPS) is 9.33. The van der Waals surface area contributed by atoms with Crippen molar-refractivity contribution in [3.8, 4) is 23.6 Å². The van der Waals surface area contributed by atoms with Crippen LogP contribution in [0.4, 0.5) is 0 Å². The molecule has 7 heteroatoms. The molecule has 0 N–H and O–H groups in total. The lowest BCUT2D eigenvalue weighted by atomic mass is 10.2. The van der Waals surface area contributed by atoms with Crippen molar-refractivity contribution in [1.29, 1.82) is 10.5 Å². The highest BCUT2D eigenvalue weighted by molar-refractivity contribution is 6.33. The summed E-state index contributed by atoms with van der Waals surface area (Å²) in [4.78, 5) is 0. The van der Waals surface area contributed by atoms with E-state index in [1.807, 2.05) is 12.1 Å². The minimum Gasteiger partial charge on any atom is -0.525 e. The van der Waals surface area contributed by atoms with Crippen LogP contribution in [0.5, 0.6) is 11.5 Å². The van der Waals surface area contributed by atoms with E-state index in [2.05, 4.69) is 0 Å². The predicted octanol–water partition coefficient (Wildman–Crippen LogP) is 3.73. The van der Waals surface area contributed by atoms with Crippen molar-refractivity contribution in [3.05, 3.63) is 57.6 Å². The lowest BCUT2D eigenvalue weighted by molar-refractivity contribution is 0.459. The summed E-state index contributed by atoms with van der Waals surface area (Å²) < 4.78 is 10.5. The molecule has 0 aliphatic carbocycles. The van der Waals surface area contributed by atoms with Crippen molar-refractivity contribution in [2.24, 2.45) is 0 Å². The monoisotopic (exact) mass is 315 g/mol. The van der Waals surface area contributed by atoms with Crippen molar-refractivity contribution in [1.82, 2.24) is 0 Å². The van der Waals surface area contributed by atoms with Crippen LogP contribution in [0.2, 0.25) is 10.0 Å². The molecule has 101 valence electrons. The number of nitrogens with zero attached hydrogens (tertiary/aromatic N) is 2. The second-order valence-corrected chi connectivity index (χ2v) is 4.66. The molecular formula is C14H6BCl2N2O2. The lowest BCUT2D eigenvalue weighted by Crippen LogP contribution is -2.11. The van der Waals surface area contributed by atoms with E-state index in [1.54, 1.807) is 24.3 Å². The number of hydrogen-bond acceptors (Lipinski definition) is 4. The summed E-state index contributed by atoms with van der Waals surface area (Å²) in [5.74, 6) is 0.562. The Hall–Kier alpha value is -2.34. The molecule has 0 aliphatic heterocycles. The highest BCUT2D eigenvalue weighted by Gasteiger charge is 2.09. The molecule has 0 aliphatic rings. The number of halogens is 2. The third kappa shape index (κ3) is 3.82. The average molecular weight is 316 g/mol. The largest absolute Gasteiger partial charge is 0.658 e.